The fraction of sp³-hybridized carbons (Fsp3) is 0.387. The molecule has 1 amide bonds. The normalized spacial score (nSPS) is 16.8. The van der Waals surface area contributed by atoms with Crippen molar-refractivity contribution in [1.82, 2.24) is 19.8 Å². The number of hydrogen-bond donors (Lipinski definition) is 4. The molecule has 2 aliphatic rings. The fourth-order valence-electron chi connectivity index (χ4n) is 6.22. The molecule has 232 valence electrons. The van der Waals surface area contributed by atoms with Crippen LogP contribution in [0.1, 0.15) is 23.2 Å². The van der Waals surface area contributed by atoms with Crippen LogP contribution in [0.15, 0.2) is 48.7 Å². The smallest absolute Gasteiger partial charge is 0.351 e. The number of alkyl halides is 1. The summed E-state index contributed by atoms with van der Waals surface area (Å²) in [6.07, 6.45) is 3.92. The molecule has 2 aromatic heterocycles. The molecule has 11 nitrogen and oxygen atoms in total. The van der Waals surface area contributed by atoms with Gasteiger partial charge in [0, 0.05) is 69.8 Å². The van der Waals surface area contributed by atoms with Crippen molar-refractivity contribution in [3.8, 4) is 5.75 Å². The molecular weight excluding hydrogens is 568 g/mol. The van der Waals surface area contributed by atoms with Crippen LogP contribution in [0.2, 0.25) is 0 Å². The number of methoxy groups -OCH3 is 1. The molecule has 0 atom stereocenters. The van der Waals surface area contributed by atoms with Crippen molar-refractivity contribution in [1.29, 1.82) is 0 Å². The van der Waals surface area contributed by atoms with Gasteiger partial charge in [-0.3, -0.25) is 24.9 Å². The SMILES string of the molecule is COc1cc(N2CCC(N3CCN(CCF)CC3)CC2)ccc1Nc1nc(Nc2cccc(F)c2C(N)=O)c2cc[nH]c2[nH+]1. The number of piperazine rings is 1. The first-order valence-electron chi connectivity index (χ1n) is 14.9. The number of nitrogens with zero attached hydrogens (tertiary/aromatic N) is 4. The first kappa shape index (κ1) is 29.6. The molecule has 2 fully saturated rings. The molecule has 0 unspecified atom stereocenters. The zero-order chi connectivity index (χ0) is 30.6. The zero-order valence-corrected chi connectivity index (χ0v) is 24.7. The third kappa shape index (κ3) is 6.24. The number of piperidine rings is 1. The van der Waals surface area contributed by atoms with Crippen LogP contribution in [0.4, 0.5) is 37.6 Å². The zero-order valence-electron chi connectivity index (χ0n) is 24.7. The van der Waals surface area contributed by atoms with Crippen molar-refractivity contribution >= 4 is 45.8 Å². The van der Waals surface area contributed by atoms with Crippen LogP contribution in [0.3, 0.4) is 0 Å². The van der Waals surface area contributed by atoms with E-state index in [9.17, 15) is 13.6 Å². The summed E-state index contributed by atoms with van der Waals surface area (Å²) >= 11 is 0. The number of aromatic nitrogens is 3. The molecule has 4 aromatic rings. The van der Waals surface area contributed by atoms with Gasteiger partial charge in [0.2, 0.25) is 11.5 Å². The third-order valence-corrected chi connectivity index (χ3v) is 8.57. The lowest BCUT2D eigenvalue weighted by atomic mass is 10.0. The number of carbonyl (C=O) groups is 1. The fourth-order valence-corrected chi connectivity index (χ4v) is 6.22. The Morgan fingerprint density at radius 1 is 1.09 bits per heavy atom. The highest BCUT2D eigenvalue weighted by molar-refractivity contribution is 6.00. The Bertz CT molecular complexity index is 1620. The molecule has 0 bridgehead atoms. The van der Waals surface area contributed by atoms with Gasteiger partial charge in [-0.2, -0.15) is 0 Å². The van der Waals surface area contributed by atoms with Gasteiger partial charge in [-0.15, -0.1) is 0 Å². The molecule has 13 heteroatoms. The van der Waals surface area contributed by atoms with E-state index in [1.54, 1.807) is 19.4 Å². The van der Waals surface area contributed by atoms with Crippen LogP contribution in [0, 0.1) is 5.82 Å². The second-order valence-electron chi connectivity index (χ2n) is 11.1. The number of benzene rings is 2. The first-order chi connectivity index (χ1) is 21.4. The Morgan fingerprint density at radius 2 is 1.89 bits per heavy atom. The van der Waals surface area contributed by atoms with Gasteiger partial charge in [-0.1, -0.05) is 11.1 Å². The second-order valence-corrected chi connectivity index (χ2v) is 11.1. The number of primary amides is 1. The Morgan fingerprint density at radius 3 is 2.61 bits per heavy atom. The van der Waals surface area contributed by atoms with Gasteiger partial charge in [0.15, 0.2) is 5.75 Å². The summed E-state index contributed by atoms with van der Waals surface area (Å²) in [5, 5.41) is 7.09. The Kier molecular flexibility index (Phi) is 8.75. The maximum Gasteiger partial charge on any atom is 0.351 e. The van der Waals surface area contributed by atoms with Crippen molar-refractivity contribution < 1.29 is 23.3 Å². The molecule has 44 heavy (non-hydrogen) atoms. The third-order valence-electron chi connectivity index (χ3n) is 8.57. The van der Waals surface area contributed by atoms with Crippen LogP contribution in [-0.4, -0.2) is 91.3 Å². The van der Waals surface area contributed by atoms with Gasteiger partial charge in [0.05, 0.1) is 23.7 Å². The molecular formula is C31H38F2N9O2+. The van der Waals surface area contributed by atoms with Crippen molar-refractivity contribution in [2.75, 3.05) is 75.1 Å². The van der Waals surface area contributed by atoms with E-state index in [1.165, 1.54) is 12.1 Å². The number of aromatic amines is 2. The summed E-state index contributed by atoms with van der Waals surface area (Å²) < 4.78 is 32.9. The van der Waals surface area contributed by atoms with E-state index in [1.807, 2.05) is 18.2 Å². The van der Waals surface area contributed by atoms with Crippen molar-refractivity contribution in [3.63, 3.8) is 0 Å². The maximum atomic E-state index is 14.4. The lowest BCUT2D eigenvalue weighted by molar-refractivity contribution is -0.333. The number of hydrogen-bond acceptors (Lipinski definition) is 8. The Balaban J connectivity index is 1.16. The Labute approximate surface area is 254 Å². The standard InChI is InChI=1S/C31H37F2N9O2/c1-44-26-19-21(41-12-8-20(9-13-41)42-17-15-40(14-10-32)16-18-42)5-6-24(26)37-31-38-29-22(7-11-35-29)30(39-31)36-25-4-2-3-23(33)27(25)28(34)43/h2-7,11,19-20H,8-10,12-18H2,1H3,(H2,34,43)(H3,35,36,37,38,39)/p+1. The second kappa shape index (κ2) is 13.0. The van der Waals surface area contributed by atoms with Crippen molar-refractivity contribution in [2.24, 2.45) is 5.73 Å². The molecule has 0 aliphatic carbocycles. The number of halogens is 2. The lowest BCUT2D eigenvalue weighted by Crippen LogP contribution is -2.53. The number of rotatable bonds is 10. The molecule has 0 spiro atoms. The van der Waals surface area contributed by atoms with Gasteiger partial charge in [0.1, 0.15) is 18.2 Å². The number of anilines is 5. The number of H-pyrrole nitrogens is 2. The molecule has 0 saturated carbocycles. The quantitative estimate of drug-likeness (QED) is 0.215. The van der Waals surface area contributed by atoms with Gasteiger partial charge in [0.25, 0.3) is 5.91 Å². The minimum Gasteiger partial charge on any atom is -0.493 e. The maximum absolute atomic E-state index is 14.4. The predicted octanol–water partition coefficient (Wildman–Crippen LogP) is 3.67. The van der Waals surface area contributed by atoms with E-state index >= 15 is 0 Å². The number of nitrogens with two attached hydrogens (primary N) is 1. The Hall–Kier alpha value is -4.49. The molecule has 0 radical (unpaired) electrons. The van der Waals surface area contributed by atoms with Crippen LogP contribution in [0.5, 0.6) is 5.75 Å². The topological polar surface area (TPSA) is 129 Å². The van der Waals surface area contributed by atoms with E-state index in [-0.39, 0.29) is 17.9 Å². The molecule has 2 aliphatic heterocycles. The summed E-state index contributed by atoms with van der Waals surface area (Å²) in [5.74, 6) is -0.128. The summed E-state index contributed by atoms with van der Waals surface area (Å²) in [7, 11) is 1.63. The van der Waals surface area contributed by atoms with Crippen LogP contribution in [-0.2, 0) is 0 Å². The number of ether oxygens (including phenoxy) is 1. The number of fused-ring (bicyclic) bond motifs is 1. The van der Waals surface area contributed by atoms with E-state index in [0.717, 1.165) is 57.8 Å². The highest BCUT2D eigenvalue weighted by Gasteiger charge is 2.28. The first-order valence-corrected chi connectivity index (χ1v) is 14.9. The van der Waals surface area contributed by atoms with Gasteiger partial charge in [-0.05, 0) is 43.2 Å². The molecule has 4 heterocycles. The van der Waals surface area contributed by atoms with E-state index < -0.39 is 11.7 Å². The predicted molar refractivity (Wildman–Crippen MR) is 166 cm³/mol. The molecule has 6 rings (SSSR count). The number of carbonyl (C=O) groups excluding carboxylic acids is 1. The highest BCUT2D eigenvalue weighted by Crippen LogP contribution is 2.34. The molecule has 2 saturated heterocycles. The molecule has 6 N–H and O–H groups in total. The van der Waals surface area contributed by atoms with Crippen LogP contribution < -0.4 is 31.0 Å². The summed E-state index contributed by atoms with van der Waals surface area (Å²) in [6.45, 7) is 6.05. The van der Waals surface area contributed by atoms with Crippen LogP contribution in [0.25, 0.3) is 11.0 Å². The largest absolute Gasteiger partial charge is 0.493 e. The van der Waals surface area contributed by atoms with E-state index in [0.29, 0.717) is 46.8 Å². The number of amides is 1. The monoisotopic (exact) mass is 606 g/mol. The van der Waals surface area contributed by atoms with Gasteiger partial charge in [-0.25, -0.2) is 13.8 Å². The van der Waals surface area contributed by atoms with E-state index in [4.69, 9.17) is 10.5 Å². The summed E-state index contributed by atoms with van der Waals surface area (Å²) in [6, 6.07) is 12.7. The highest BCUT2D eigenvalue weighted by atomic mass is 19.1. The minimum absolute atomic E-state index is 0.217. The lowest BCUT2D eigenvalue weighted by Gasteiger charge is -2.43. The van der Waals surface area contributed by atoms with E-state index in [2.05, 4.69) is 46.4 Å². The summed E-state index contributed by atoms with van der Waals surface area (Å²) in [5.41, 5.74) is 7.90. The van der Waals surface area contributed by atoms with Gasteiger partial charge < -0.3 is 20.7 Å². The summed E-state index contributed by atoms with van der Waals surface area (Å²) in [4.78, 5) is 30.2. The van der Waals surface area contributed by atoms with Gasteiger partial charge >= 0.3 is 5.95 Å². The average Bonchev–Trinajstić information content (AvgIpc) is 3.51. The van der Waals surface area contributed by atoms with Crippen LogP contribution >= 0.6 is 0 Å². The molecule has 2 aromatic carbocycles. The van der Waals surface area contributed by atoms with Crippen molar-refractivity contribution in [2.45, 2.75) is 18.9 Å². The average molecular weight is 607 g/mol. The minimum atomic E-state index is -0.876. The van der Waals surface area contributed by atoms with Crippen molar-refractivity contribution in [3.05, 3.63) is 60.0 Å². The number of nitrogens with one attached hydrogen (secondary N) is 4.